The Labute approximate surface area is 191 Å². The Morgan fingerprint density at radius 1 is 1.12 bits per heavy atom. The van der Waals surface area contributed by atoms with Crippen molar-refractivity contribution in [2.75, 3.05) is 13.2 Å². The number of carbonyl (C=O) groups is 2. The van der Waals surface area contributed by atoms with E-state index < -0.39 is 23.5 Å². The van der Waals surface area contributed by atoms with Crippen LogP contribution in [0, 0.1) is 0 Å². The molecule has 1 atom stereocenters. The number of ketones is 1. The molecular formula is C25H24ClNO5. The van der Waals surface area contributed by atoms with E-state index in [2.05, 4.69) is 0 Å². The molecule has 1 aromatic heterocycles. The molecule has 1 N–H and O–H groups in total. The first-order chi connectivity index (χ1) is 15.4. The lowest BCUT2D eigenvalue weighted by atomic mass is 9.95. The Morgan fingerprint density at radius 2 is 1.88 bits per heavy atom. The normalized spacial score (nSPS) is 16.3. The summed E-state index contributed by atoms with van der Waals surface area (Å²) in [5.41, 5.74) is 1.22. The largest absolute Gasteiger partial charge is 0.503 e. The predicted octanol–water partition coefficient (Wildman–Crippen LogP) is 5.86. The van der Waals surface area contributed by atoms with Gasteiger partial charge in [-0.2, -0.15) is 0 Å². The minimum atomic E-state index is -0.716. The van der Waals surface area contributed by atoms with E-state index in [1.54, 1.807) is 36.4 Å². The van der Waals surface area contributed by atoms with Gasteiger partial charge < -0.3 is 19.2 Å². The molecule has 7 heteroatoms. The Morgan fingerprint density at radius 3 is 2.56 bits per heavy atom. The summed E-state index contributed by atoms with van der Waals surface area (Å²) < 4.78 is 11.4. The molecule has 1 amide bonds. The van der Waals surface area contributed by atoms with Gasteiger partial charge in [-0.3, -0.25) is 9.59 Å². The van der Waals surface area contributed by atoms with E-state index in [0.29, 0.717) is 46.9 Å². The highest BCUT2D eigenvalue weighted by molar-refractivity contribution is 6.31. The van der Waals surface area contributed by atoms with E-state index in [1.807, 2.05) is 26.0 Å². The fourth-order valence-corrected chi connectivity index (χ4v) is 4.11. The van der Waals surface area contributed by atoms with Crippen molar-refractivity contribution in [3.8, 4) is 5.75 Å². The zero-order valence-corrected chi connectivity index (χ0v) is 18.7. The van der Waals surface area contributed by atoms with Gasteiger partial charge >= 0.3 is 0 Å². The lowest BCUT2D eigenvalue weighted by Crippen LogP contribution is -2.31. The highest BCUT2D eigenvalue weighted by Crippen LogP contribution is 2.40. The van der Waals surface area contributed by atoms with Crippen molar-refractivity contribution in [3.63, 3.8) is 0 Å². The first-order valence-electron chi connectivity index (χ1n) is 10.6. The van der Waals surface area contributed by atoms with Crippen LogP contribution in [-0.2, 0) is 4.79 Å². The van der Waals surface area contributed by atoms with Crippen molar-refractivity contribution in [3.05, 3.63) is 76.2 Å². The third-order valence-corrected chi connectivity index (χ3v) is 5.62. The van der Waals surface area contributed by atoms with Gasteiger partial charge in [-0.25, -0.2) is 0 Å². The van der Waals surface area contributed by atoms with Crippen LogP contribution in [0.2, 0.25) is 5.02 Å². The predicted molar refractivity (Wildman–Crippen MR) is 122 cm³/mol. The summed E-state index contributed by atoms with van der Waals surface area (Å²) in [6.07, 6.45) is 1.57. The summed E-state index contributed by atoms with van der Waals surface area (Å²) in [4.78, 5) is 27.8. The first kappa shape index (κ1) is 22.0. The summed E-state index contributed by atoms with van der Waals surface area (Å²) in [6, 6.07) is 13.2. The van der Waals surface area contributed by atoms with Gasteiger partial charge in [-0.05, 0) is 54.8 Å². The molecule has 3 aromatic rings. The maximum atomic E-state index is 13.5. The van der Waals surface area contributed by atoms with E-state index in [0.717, 1.165) is 6.42 Å². The van der Waals surface area contributed by atoms with Crippen molar-refractivity contribution in [1.29, 1.82) is 0 Å². The van der Waals surface area contributed by atoms with Crippen LogP contribution in [0.1, 0.15) is 48.8 Å². The van der Waals surface area contributed by atoms with Crippen LogP contribution in [0.25, 0.3) is 11.0 Å². The van der Waals surface area contributed by atoms with Crippen LogP contribution in [0.4, 0.5) is 0 Å². The standard InChI is InChI=1S/C25H24ClNO5/c1-3-11-27-22(15-5-8-18(9-6-15)31-12-4-2)21(24(29)25(27)30)23(28)20-14-16-13-17(26)7-10-19(16)32-20/h5-10,13-14,22,29H,3-4,11-12H2,1-2H3. The second kappa shape index (κ2) is 9.09. The highest BCUT2D eigenvalue weighted by Gasteiger charge is 2.44. The summed E-state index contributed by atoms with van der Waals surface area (Å²) >= 11 is 6.04. The molecule has 0 radical (unpaired) electrons. The molecular weight excluding hydrogens is 430 g/mol. The number of furan rings is 1. The monoisotopic (exact) mass is 453 g/mol. The average molecular weight is 454 g/mol. The molecule has 1 aliphatic rings. The zero-order chi connectivity index (χ0) is 22.8. The molecule has 4 rings (SSSR count). The maximum Gasteiger partial charge on any atom is 0.290 e. The number of hydrogen-bond donors (Lipinski definition) is 1. The Bertz CT molecular complexity index is 1190. The van der Waals surface area contributed by atoms with Crippen LogP contribution in [0.15, 0.2) is 64.3 Å². The van der Waals surface area contributed by atoms with Crippen molar-refractivity contribution in [2.45, 2.75) is 32.7 Å². The molecule has 166 valence electrons. The number of benzene rings is 2. The molecule has 2 aromatic carbocycles. The third kappa shape index (κ3) is 3.98. The molecule has 0 aliphatic carbocycles. The number of aliphatic hydroxyl groups is 1. The van der Waals surface area contributed by atoms with Crippen LogP contribution in [0.5, 0.6) is 5.75 Å². The van der Waals surface area contributed by atoms with Gasteiger partial charge in [0.1, 0.15) is 11.3 Å². The van der Waals surface area contributed by atoms with E-state index in [-0.39, 0.29) is 11.3 Å². The molecule has 0 spiro atoms. The van der Waals surface area contributed by atoms with E-state index in [9.17, 15) is 14.7 Å². The van der Waals surface area contributed by atoms with E-state index in [1.165, 1.54) is 4.90 Å². The Kier molecular flexibility index (Phi) is 6.24. The minimum Gasteiger partial charge on any atom is -0.503 e. The highest BCUT2D eigenvalue weighted by atomic mass is 35.5. The maximum absolute atomic E-state index is 13.5. The van der Waals surface area contributed by atoms with Crippen LogP contribution >= 0.6 is 11.6 Å². The van der Waals surface area contributed by atoms with Gasteiger partial charge in [0, 0.05) is 17.0 Å². The van der Waals surface area contributed by atoms with Gasteiger partial charge in [0.2, 0.25) is 5.78 Å². The lowest BCUT2D eigenvalue weighted by molar-refractivity contribution is -0.129. The third-order valence-electron chi connectivity index (χ3n) is 5.38. The van der Waals surface area contributed by atoms with Crippen molar-refractivity contribution in [1.82, 2.24) is 4.90 Å². The summed E-state index contributed by atoms with van der Waals surface area (Å²) in [6.45, 7) is 4.96. The first-order valence-corrected chi connectivity index (χ1v) is 11.0. The molecule has 1 unspecified atom stereocenters. The molecule has 0 saturated carbocycles. The van der Waals surface area contributed by atoms with Gasteiger partial charge in [-0.1, -0.05) is 37.6 Å². The zero-order valence-electron chi connectivity index (χ0n) is 17.9. The SMILES string of the molecule is CCCOc1ccc(C2C(C(=O)c3cc4cc(Cl)ccc4o3)=C(O)C(=O)N2CCC)cc1. The Balaban J connectivity index is 1.74. The topological polar surface area (TPSA) is 80.0 Å². The smallest absolute Gasteiger partial charge is 0.290 e. The van der Waals surface area contributed by atoms with E-state index in [4.69, 9.17) is 20.8 Å². The number of halogens is 1. The molecule has 2 heterocycles. The second-order valence-electron chi connectivity index (χ2n) is 7.70. The number of nitrogens with zero attached hydrogens (tertiary/aromatic N) is 1. The molecule has 0 fully saturated rings. The van der Waals surface area contributed by atoms with Gasteiger partial charge in [-0.15, -0.1) is 0 Å². The number of hydrogen-bond acceptors (Lipinski definition) is 5. The number of amides is 1. The fourth-order valence-electron chi connectivity index (χ4n) is 3.93. The quantitative estimate of drug-likeness (QED) is 0.432. The summed E-state index contributed by atoms with van der Waals surface area (Å²) in [7, 11) is 0. The molecule has 6 nitrogen and oxygen atoms in total. The van der Waals surface area contributed by atoms with E-state index >= 15 is 0 Å². The second-order valence-corrected chi connectivity index (χ2v) is 8.14. The van der Waals surface area contributed by atoms with Gasteiger partial charge in [0.25, 0.3) is 5.91 Å². The number of aliphatic hydroxyl groups excluding tert-OH is 1. The minimum absolute atomic E-state index is 0.0100. The van der Waals surface area contributed by atoms with Crippen molar-refractivity contribution >= 4 is 34.3 Å². The van der Waals surface area contributed by atoms with Crippen molar-refractivity contribution in [2.24, 2.45) is 0 Å². The number of rotatable bonds is 8. The number of fused-ring (bicyclic) bond motifs is 1. The summed E-state index contributed by atoms with van der Waals surface area (Å²) in [5, 5.41) is 11.9. The lowest BCUT2D eigenvalue weighted by Gasteiger charge is -2.26. The number of carbonyl (C=O) groups excluding carboxylic acids is 2. The molecule has 0 bridgehead atoms. The summed E-state index contributed by atoms with van der Waals surface area (Å²) in [5.74, 6) is -0.887. The molecule has 32 heavy (non-hydrogen) atoms. The Hall–Kier alpha value is -3.25. The van der Waals surface area contributed by atoms with Crippen molar-refractivity contribution < 1.29 is 23.8 Å². The number of Topliss-reactive ketones (excluding diaryl/α,β-unsaturated/α-hetero) is 1. The van der Waals surface area contributed by atoms with Gasteiger partial charge in [0.15, 0.2) is 11.5 Å². The number of ether oxygens (including phenoxy) is 1. The van der Waals surface area contributed by atoms with Crippen LogP contribution in [0.3, 0.4) is 0 Å². The van der Waals surface area contributed by atoms with Crippen LogP contribution < -0.4 is 4.74 Å². The van der Waals surface area contributed by atoms with Gasteiger partial charge in [0.05, 0.1) is 18.2 Å². The molecule has 0 saturated heterocycles. The van der Waals surface area contributed by atoms with Crippen LogP contribution in [-0.4, -0.2) is 34.8 Å². The molecule has 1 aliphatic heterocycles. The fraction of sp³-hybridized carbons (Fsp3) is 0.280. The average Bonchev–Trinajstić information content (AvgIpc) is 3.32.